The third-order valence-corrected chi connectivity index (χ3v) is 9.83. The third-order valence-electron chi connectivity index (χ3n) is 7.31. The molecule has 0 radical (unpaired) electrons. The van der Waals surface area contributed by atoms with E-state index in [4.69, 9.17) is 4.74 Å². The highest BCUT2D eigenvalue weighted by molar-refractivity contribution is 7.88. The molecule has 1 aromatic carbocycles. The summed E-state index contributed by atoms with van der Waals surface area (Å²) in [6.07, 6.45) is 4.32. The SMILES string of the molecule is CC(C)(C)OC(=O)N1CCC[C@H](Nc2ncc(C#N)c3sc(-c4ccc(N5CCN(S(C)(=O)=O)CC5)cc4)cc23)C1. The molecule has 0 bridgehead atoms. The number of piperidine rings is 1. The number of benzene rings is 1. The Balaban J connectivity index is 1.33. The molecular formula is C29H36N6O4S2. The molecule has 218 valence electrons. The minimum Gasteiger partial charge on any atom is -0.444 e. The van der Waals surface area contributed by atoms with Crippen LogP contribution in [0.15, 0.2) is 36.5 Å². The maximum absolute atomic E-state index is 12.6. The van der Waals surface area contributed by atoms with Crippen molar-refractivity contribution in [1.82, 2.24) is 14.2 Å². The molecule has 2 aromatic heterocycles. The number of sulfonamides is 1. The topological polar surface area (TPSA) is 119 Å². The van der Waals surface area contributed by atoms with Crippen molar-refractivity contribution in [3.8, 4) is 16.5 Å². The molecule has 1 N–H and O–H groups in total. The Bertz CT molecular complexity index is 1570. The average molecular weight is 597 g/mol. The molecule has 5 rings (SSSR count). The lowest BCUT2D eigenvalue weighted by Crippen LogP contribution is -2.48. The highest BCUT2D eigenvalue weighted by Crippen LogP contribution is 2.39. The van der Waals surface area contributed by atoms with Gasteiger partial charge in [0.05, 0.1) is 16.5 Å². The van der Waals surface area contributed by atoms with E-state index >= 15 is 0 Å². The largest absolute Gasteiger partial charge is 0.444 e. The summed E-state index contributed by atoms with van der Waals surface area (Å²) in [6, 6.07) is 12.6. The number of nitrogens with one attached hydrogen (secondary N) is 1. The number of carbonyl (C=O) groups excluding carboxylic acids is 1. The number of piperazine rings is 1. The molecule has 2 fully saturated rings. The first kappa shape index (κ1) is 29.1. The molecule has 2 aliphatic rings. The molecule has 0 spiro atoms. The molecule has 0 aliphatic carbocycles. The van der Waals surface area contributed by atoms with Crippen molar-refractivity contribution in [3.63, 3.8) is 0 Å². The molecule has 12 heteroatoms. The summed E-state index contributed by atoms with van der Waals surface area (Å²) >= 11 is 1.56. The van der Waals surface area contributed by atoms with Gasteiger partial charge in [-0.1, -0.05) is 12.1 Å². The molecule has 1 amide bonds. The first-order chi connectivity index (χ1) is 19.4. The Morgan fingerprint density at radius 1 is 1.15 bits per heavy atom. The predicted molar refractivity (Wildman–Crippen MR) is 163 cm³/mol. The molecule has 10 nitrogen and oxygen atoms in total. The summed E-state index contributed by atoms with van der Waals surface area (Å²) < 4.78 is 31.6. The maximum atomic E-state index is 12.6. The van der Waals surface area contributed by atoms with Crippen molar-refractivity contribution < 1.29 is 17.9 Å². The van der Waals surface area contributed by atoms with E-state index in [2.05, 4.69) is 51.6 Å². The van der Waals surface area contributed by atoms with Gasteiger partial charge in [-0.05, 0) is 57.4 Å². The minimum absolute atomic E-state index is 0.0192. The number of anilines is 2. The second-order valence-electron chi connectivity index (χ2n) is 11.6. The highest BCUT2D eigenvalue weighted by atomic mass is 32.2. The number of hydrogen-bond acceptors (Lipinski definition) is 9. The molecule has 4 heterocycles. The van der Waals surface area contributed by atoms with Gasteiger partial charge in [0.15, 0.2) is 0 Å². The summed E-state index contributed by atoms with van der Waals surface area (Å²) in [7, 11) is -3.17. The lowest BCUT2D eigenvalue weighted by Gasteiger charge is -2.34. The summed E-state index contributed by atoms with van der Waals surface area (Å²) in [5, 5.41) is 14.2. The number of nitriles is 1. The minimum atomic E-state index is -3.17. The summed E-state index contributed by atoms with van der Waals surface area (Å²) in [5.41, 5.74) is 2.07. The number of fused-ring (bicyclic) bond motifs is 1. The fraction of sp³-hybridized carbons (Fsp3) is 0.483. The zero-order valence-electron chi connectivity index (χ0n) is 23.9. The van der Waals surface area contributed by atoms with Crippen LogP contribution in [0.4, 0.5) is 16.3 Å². The van der Waals surface area contributed by atoms with Crippen LogP contribution < -0.4 is 10.2 Å². The van der Waals surface area contributed by atoms with E-state index in [1.807, 2.05) is 20.8 Å². The van der Waals surface area contributed by atoms with Crippen LogP contribution >= 0.6 is 11.3 Å². The second kappa shape index (κ2) is 11.5. The Kier molecular flexibility index (Phi) is 8.14. The van der Waals surface area contributed by atoms with Crippen LogP contribution in [0, 0.1) is 11.3 Å². The number of thiophene rings is 1. The maximum Gasteiger partial charge on any atom is 0.410 e. The second-order valence-corrected chi connectivity index (χ2v) is 14.6. The molecule has 41 heavy (non-hydrogen) atoms. The third kappa shape index (κ3) is 6.74. The van der Waals surface area contributed by atoms with Gasteiger partial charge in [-0.2, -0.15) is 9.57 Å². The van der Waals surface area contributed by atoms with Crippen molar-refractivity contribution in [1.29, 1.82) is 5.26 Å². The van der Waals surface area contributed by atoms with Crippen LogP contribution in [-0.4, -0.2) is 85.9 Å². The van der Waals surface area contributed by atoms with Crippen LogP contribution in [-0.2, 0) is 14.8 Å². The Morgan fingerprint density at radius 2 is 1.85 bits per heavy atom. The zero-order valence-corrected chi connectivity index (χ0v) is 25.5. The van der Waals surface area contributed by atoms with Crippen molar-refractivity contribution in [2.45, 2.75) is 45.3 Å². The van der Waals surface area contributed by atoms with Crippen molar-refractivity contribution >= 4 is 49.0 Å². The first-order valence-corrected chi connectivity index (χ1v) is 16.5. The standard InChI is InChI=1S/C29H36N6O4S2/c1-29(2,3)39-28(36)34-11-5-6-22(19-34)32-27-24-16-25(40-26(24)21(17-30)18-31-27)20-7-9-23(10-8-20)33-12-14-35(15-13-33)41(4,37)38/h7-10,16,18,22H,5-6,11-15,19H2,1-4H3,(H,31,32)/t22-/m0/s1. The number of hydrogen-bond donors (Lipinski definition) is 1. The number of likely N-dealkylation sites (tertiary alicyclic amines) is 1. The van der Waals surface area contributed by atoms with Gasteiger partial charge < -0.3 is 19.9 Å². The van der Waals surface area contributed by atoms with Crippen molar-refractivity contribution in [2.24, 2.45) is 0 Å². The number of amides is 1. The molecule has 0 unspecified atom stereocenters. The number of carbonyl (C=O) groups is 1. The first-order valence-electron chi connectivity index (χ1n) is 13.8. The van der Waals surface area contributed by atoms with Crippen LogP contribution in [0.5, 0.6) is 0 Å². The lowest BCUT2D eigenvalue weighted by atomic mass is 10.1. The number of ether oxygens (including phenoxy) is 1. The number of aromatic nitrogens is 1. The fourth-order valence-electron chi connectivity index (χ4n) is 5.26. The van der Waals surface area contributed by atoms with Gasteiger partial charge >= 0.3 is 6.09 Å². The van der Waals surface area contributed by atoms with E-state index in [-0.39, 0.29) is 12.1 Å². The van der Waals surface area contributed by atoms with E-state index in [0.717, 1.165) is 39.1 Å². The number of rotatable bonds is 5. The quantitative estimate of drug-likeness (QED) is 0.449. The summed E-state index contributed by atoms with van der Waals surface area (Å²) in [6.45, 7) is 9.04. The molecule has 3 aromatic rings. The van der Waals surface area contributed by atoms with Crippen LogP contribution in [0.2, 0.25) is 0 Å². The Labute approximate surface area is 245 Å². The van der Waals surface area contributed by atoms with E-state index in [1.165, 1.54) is 10.6 Å². The predicted octanol–water partition coefficient (Wildman–Crippen LogP) is 4.73. The van der Waals surface area contributed by atoms with E-state index in [0.29, 0.717) is 50.6 Å². The summed E-state index contributed by atoms with van der Waals surface area (Å²) in [5.74, 6) is 0.706. The van der Waals surface area contributed by atoms with Crippen molar-refractivity contribution in [2.75, 3.05) is 55.7 Å². The molecule has 2 saturated heterocycles. The smallest absolute Gasteiger partial charge is 0.410 e. The Morgan fingerprint density at radius 3 is 2.49 bits per heavy atom. The normalized spacial score (nSPS) is 18.8. The number of pyridine rings is 1. The zero-order chi connectivity index (χ0) is 29.4. The highest BCUT2D eigenvalue weighted by Gasteiger charge is 2.28. The van der Waals surface area contributed by atoms with E-state index in [9.17, 15) is 18.5 Å². The van der Waals surface area contributed by atoms with Gasteiger partial charge in [-0.3, -0.25) is 0 Å². The molecule has 1 atom stereocenters. The molecule has 0 saturated carbocycles. The van der Waals surface area contributed by atoms with Gasteiger partial charge in [0, 0.05) is 67.5 Å². The van der Waals surface area contributed by atoms with Crippen molar-refractivity contribution in [3.05, 3.63) is 42.1 Å². The van der Waals surface area contributed by atoms with E-state index < -0.39 is 15.6 Å². The van der Waals surface area contributed by atoms with Crippen LogP contribution in [0.1, 0.15) is 39.2 Å². The van der Waals surface area contributed by atoms with Gasteiger partial charge in [0.2, 0.25) is 10.0 Å². The average Bonchev–Trinajstić information content (AvgIpc) is 3.38. The van der Waals surface area contributed by atoms with Crippen LogP contribution in [0.25, 0.3) is 20.5 Å². The Hall–Kier alpha value is -3.40. The van der Waals surface area contributed by atoms with Gasteiger partial charge in [-0.15, -0.1) is 11.3 Å². The van der Waals surface area contributed by atoms with E-state index in [1.54, 1.807) is 22.4 Å². The van der Waals surface area contributed by atoms with Crippen LogP contribution in [0.3, 0.4) is 0 Å². The molecular weight excluding hydrogens is 560 g/mol. The van der Waals surface area contributed by atoms with Gasteiger partial charge in [-0.25, -0.2) is 18.2 Å². The lowest BCUT2D eigenvalue weighted by molar-refractivity contribution is 0.0206. The van der Waals surface area contributed by atoms with Gasteiger partial charge in [0.1, 0.15) is 17.5 Å². The monoisotopic (exact) mass is 596 g/mol. The fourth-order valence-corrected chi connectivity index (χ4v) is 7.21. The number of nitrogens with zero attached hydrogens (tertiary/aromatic N) is 5. The molecule has 2 aliphatic heterocycles. The van der Waals surface area contributed by atoms with Gasteiger partial charge in [0.25, 0.3) is 0 Å². The summed E-state index contributed by atoms with van der Waals surface area (Å²) in [4.78, 5) is 22.2.